The number of nitrogens with zero attached hydrogens (tertiary/aromatic N) is 2. The Kier molecular flexibility index (Phi) is 3.56. The lowest BCUT2D eigenvalue weighted by Gasteiger charge is -2.29. The minimum atomic E-state index is 0.615. The summed E-state index contributed by atoms with van der Waals surface area (Å²) in [5.74, 6) is 0. The SMILES string of the molecule is C[NH+]1CCCC[C@H]1c1ccc(-c2cccnc2)nc1. The van der Waals surface area contributed by atoms with Crippen LogP contribution in [0.2, 0.25) is 0 Å². The number of rotatable bonds is 2. The van der Waals surface area contributed by atoms with Crippen molar-refractivity contribution in [3.05, 3.63) is 48.4 Å². The van der Waals surface area contributed by atoms with Gasteiger partial charge in [0, 0.05) is 36.1 Å². The number of hydrogen-bond acceptors (Lipinski definition) is 2. The summed E-state index contributed by atoms with van der Waals surface area (Å²) in [6.45, 7) is 1.27. The molecule has 19 heavy (non-hydrogen) atoms. The van der Waals surface area contributed by atoms with Crippen molar-refractivity contribution in [1.82, 2.24) is 9.97 Å². The second kappa shape index (κ2) is 5.49. The molecule has 3 heteroatoms. The van der Waals surface area contributed by atoms with Crippen molar-refractivity contribution in [2.24, 2.45) is 0 Å². The fourth-order valence-corrected chi connectivity index (χ4v) is 2.92. The molecule has 1 N–H and O–H groups in total. The van der Waals surface area contributed by atoms with Crippen LogP contribution in [-0.4, -0.2) is 23.6 Å². The molecule has 0 spiro atoms. The number of likely N-dealkylation sites (tertiary alicyclic amines) is 1. The van der Waals surface area contributed by atoms with E-state index in [0.717, 1.165) is 11.3 Å². The smallest absolute Gasteiger partial charge is 0.114 e. The van der Waals surface area contributed by atoms with E-state index >= 15 is 0 Å². The first-order chi connectivity index (χ1) is 9.34. The van der Waals surface area contributed by atoms with Gasteiger partial charge in [-0.1, -0.05) is 0 Å². The van der Waals surface area contributed by atoms with E-state index in [2.05, 4.69) is 29.1 Å². The highest BCUT2D eigenvalue weighted by molar-refractivity contribution is 5.57. The van der Waals surface area contributed by atoms with Crippen molar-refractivity contribution in [2.45, 2.75) is 25.3 Å². The van der Waals surface area contributed by atoms with Crippen molar-refractivity contribution in [3.8, 4) is 11.3 Å². The summed E-state index contributed by atoms with van der Waals surface area (Å²) in [5, 5.41) is 0. The Morgan fingerprint density at radius 1 is 1.16 bits per heavy atom. The third kappa shape index (κ3) is 2.66. The van der Waals surface area contributed by atoms with Crippen LogP contribution in [0.1, 0.15) is 30.9 Å². The Hall–Kier alpha value is -1.74. The largest absolute Gasteiger partial charge is 0.331 e. The van der Waals surface area contributed by atoms with Crippen molar-refractivity contribution < 1.29 is 4.90 Å². The fraction of sp³-hybridized carbons (Fsp3) is 0.375. The third-order valence-electron chi connectivity index (χ3n) is 4.05. The fourth-order valence-electron chi connectivity index (χ4n) is 2.92. The van der Waals surface area contributed by atoms with E-state index in [1.807, 2.05) is 24.5 Å². The number of pyridine rings is 2. The Labute approximate surface area is 114 Å². The number of quaternary nitrogens is 1. The average Bonchev–Trinajstić information content (AvgIpc) is 2.49. The summed E-state index contributed by atoms with van der Waals surface area (Å²) >= 11 is 0. The highest BCUT2D eigenvalue weighted by atomic mass is 15.1. The molecule has 1 aliphatic heterocycles. The number of piperidine rings is 1. The standard InChI is InChI=1S/C16H19N3/c1-19-10-3-2-6-16(19)14-7-8-15(18-12-14)13-5-4-9-17-11-13/h4-5,7-9,11-12,16H,2-3,6,10H2,1H3/p+1/t16-/m0/s1. The summed E-state index contributed by atoms with van der Waals surface area (Å²) in [5.41, 5.74) is 3.45. The van der Waals surface area contributed by atoms with Gasteiger partial charge in [-0.25, -0.2) is 0 Å². The summed E-state index contributed by atoms with van der Waals surface area (Å²) in [7, 11) is 2.29. The Morgan fingerprint density at radius 3 is 2.79 bits per heavy atom. The van der Waals surface area contributed by atoms with Crippen LogP contribution in [0.4, 0.5) is 0 Å². The molecular weight excluding hydrogens is 234 g/mol. The van der Waals surface area contributed by atoms with Gasteiger partial charge in [0.05, 0.1) is 19.3 Å². The van der Waals surface area contributed by atoms with E-state index in [9.17, 15) is 0 Å². The number of nitrogens with one attached hydrogen (secondary N) is 1. The van der Waals surface area contributed by atoms with Gasteiger partial charge in [-0.05, 0) is 37.1 Å². The molecule has 2 atom stereocenters. The molecule has 2 aromatic rings. The summed E-state index contributed by atoms with van der Waals surface area (Å²) in [6, 6.07) is 8.96. The summed E-state index contributed by atoms with van der Waals surface area (Å²) in [6.07, 6.45) is 9.66. The molecule has 0 bridgehead atoms. The highest BCUT2D eigenvalue weighted by Gasteiger charge is 2.24. The van der Waals surface area contributed by atoms with E-state index in [-0.39, 0.29) is 0 Å². The van der Waals surface area contributed by atoms with Gasteiger partial charge in [0.25, 0.3) is 0 Å². The quantitative estimate of drug-likeness (QED) is 0.887. The van der Waals surface area contributed by atoms with Crippen LogP contribution in [0.25, 0.3) is 11.3 Å². The Balaban J connectivity index is 1.83. The van der Waals surface area contributed by atoms with E-state index in [4.69, 9.17) is 0 Å². The van der Waals surface area contributed by atoms with Crippen molar-refractivity contribution in [3.63, 3.8) is 0 Å². The van der Waals surface area contributed by atoms with Crippen LogP contribution < -0.4 is 4.90 Å². The van der Waals surface area contributed by atoms with Crippen molar-refractivity contribution >= 4 is 0 Å². The highest BCUT2D eigenvalue weighted by Crippen LogP contribution is 2.21. The van der Waals surface area contributed by atoms with E-state index in [1.54, 1.807) is 11.1 Å². The molecule has 3 rings (SSSR count). The van der Waals surface area contributed by atoms with Crippen LogP contribution in [0.5, 0.6) is 0 Å². The maximum atomic E-state index is 4.61. The maximum Gasteiger partial charge on any atom is 0.114 e. The van der Waals surface area contributed by atoms with E-state index in [0.29, 0.717) is 6.04 Å². The molecule has 0 amide bonds. The Bertz CT molecular complexity index is 521. The van der Waals surface area contributed by atoms with Gasteiger partial charge in [0.2, 0.25) is 0 Å². The van der Waals surface area contributed by atoms with E-state index in [1.165, 1.54) is 31.4 Å². The molecule has 0 radical (unpaired) electrons. The first kappa shape index (κ1) is 12.3. The monoisotopic (exact) mass is 254 g/mol. The molecule has 0 aliphatic carbocycles. The molecule has 1 unspecified atom stereocenters. The molecule has 0 aromatic carbocycles. The zero-order chi connectivity index (χ0) is 13.1. The molecule has 98 valence electrons. The average molecular weight is 254 g/mol. The molecule has 1 aliphatic rings. The third-order valence-corrected chi connectivity index (χ3v) is 4.05. The van der Waals surface area contributed by atoms with E-state index < -0.39 is 0 Å². The lowest BCUT2D eigenvalue weighted by molar-refractivity contribution is -0.917. The lowest BCUT2D eigenvalue weighted by Crippen LogP contribution is -3.10. The first-order valence-corrected chi connectivity index (χ1v) is 7.03. The molecule has 0 saturated carbocycles. The normalized spacial score (nSPS) is 23.2. The van der Waals surface area contributed by atoms with Gasteiger partial charge < -0.3 is 4.90 Å². The van der Waals surface area contributed by atoms with Crippen LogP contribution in [-0.2, 0) is 0 Å². The van der Waals surface area contributed by atoms with Gasteiger partial charge in [-0.3, -0.25) is 9.97 Å². The molecule has 3 heterocycles. The topological polar surface area (TPSA) is 30.2 Å². The van der Waals surface area contributed by atoms with Gasteiger partial charge in [-0.2, -0.15) is 0 Å². The predicted octanol–water partition coefficient (Wildman–Crippen LogP) is 1.88. The first-order valence-electron chi connectivity index (χ1n) is 7.03. The zero-order valence-electron chi connectivity index (χ0n) is 11.3. The minimum absolute atomic E-state index is 0.615. The predicted molar refractivity (Wildman–Crippen MR) is 75.8 cm³/mol. The van der Waals surface area contributed by atoms with Crippen molar-refractivity contribution in [1.29, 1.82) is 0 Å². The van der Waals surface area contributed by atoms with Gasteiger partial charge >= 0.3 is 0 Å². The lowest BCUT2D eigenvalue weighted by atomic mass is 9.97. The molecular formula is C16H20N3+. The minimum Gasteiger partial charge on any atom is -0.331 e. The van der Waals surface area contributed by atoms with Crippen LogP contribution >= 0.6 is 0 Å². The van der Waals surface area contributed by atoms with Crippen molar-refractivity contribution in [2.75, 3.05) is 13.6 Å². The molecule has 1 fully saturated rings. The summed E-state index contributed by atoms with van der Waals surface area (Å²) in [4.78, 5) is 10.4. The number of hydrogen-bond donors (Lipinski definition) is 1. The van der Waals surface area contributed by atoms with Gasteiger partial charge in [0.15, 0.2) is 0 Å². The van der Waals surface area contributed by atoms with Gasteiger partial charge in [-0.15, -0.1) is 0 Å². The number of aromatic nitrogens is 2. The second-order valence-corrected chi connectivity index (χ2v) is 5.36. The Morgan fingerprint density at radius 2 is 2.11 bits per heavy atom. The van der Waals surface area contributed by atoms with Crippen LogP contribution in [0.3, 0.4) is 0 Å². The molecule has 1 saturated heterocycles. The van der Waals surface area contributed by atoms with Crippen LogP contribution in [0, 0.1) is 0 Å². The zero-order valence-corrected chi connectivity index (χ0v) is 11.3. The second-order valence-electron chi connectivity index (χ2n) is 5.36. The maximum absolute atomic E-state index is 4.61. The van der Waals surface area contributed by atoms with Crippen LogP contribution in [0.15, 0.2) is 42.9 Å². The molecule has 2 aromatic heterocycles. The van der Waals surface area contributed by atoms with Gasteiger partial charge in [0.1, 0.15) is 6.04 Å². The molecule has 3 nitrogen and oxygen atoms in total. The summed E-state index contributed by atoms with van der Waals surface area (Å²) < 4.78 is 0.